The third-order valence-electron chi connectivity index (χ3n) is 3.14. The van der Waals surface area contributed by atoms with E-state index in [0.717, 1.165) is 44.2 Å². The van der Waals surface area contributed by atoms with Crippen LogP contribution in [-0.4, -0.2) is 37.6 Å². The van der Waals surface area contributed by atoms with E-state index in [-0.39, 0.29) is 0 Å². The fraction of sp³-hybridized carbons (Fsp3) is 0.429. The summed E-state index contributed by atoms with van der Waals surface area (Å²) in [4.78, 5) is 4.81. The van der Waals surface area contributed by atoms with Crippen molar-refractivity contribution >= 4 is 17.3 Å². The highest BCUT2D eigenvalue weighted by atomic mass is 35.5. The highest BCUT2D eigenvalue weighted by Gasteiger charge is 2.16. The van der Waals surface area contributed by atoms with E-state index in [0.29, 0.717) is 0 Å². The molecular formula is C14H17ClN2. The Balaban J connectivity index is 1.87. The van der Waals surface area contributed by atoms with Crippen molar-refractivity contribution in [3.05, 3.63) is 29.3 Å². The maximum atomic E-state index is 5.89. The van der Waals surface area contributed by atoms with Crippen LogP contribution in [0.4, 0.5) is 5.69 Å². The Bertz CT molecular complexity index is 386. The lowest BCUT2D eigenvalue weighted by Gasteiger charge is -2.35. The molecule has 90 valence electrons. The first-order valence-corrected chi connectivity index (χ1v) is 6.34. The van der Waals surface area contributed by atoms with Crippen LogP contribution >= 0.6 is 11.6 Å². The van der Waals surface area contributed by atoms with Gasteiger partial charge in [0.15, 0.2) is 0 Å². The van der Waals surface area contributed by atoms with Gasteiger partial charge in [0, 0.05) is 49.9 Å². The molecule has 1 saturated heterocycles. The van der Waals surface area contributed by atoms with Crippen LogP contribution in [-0.2, 0) is 0 Å². The normalized spacial score (nSPS) is 16.8. The van der Waals surface area contributed by atoms with Crippen molar-refractivity contribution in [2.75, 3.05) is 37.6 Å². The predicted molar refractivity (Wildman–Crippen MR) is 73.6 cm³/mol. The van der Waals surface area contributed by atoms with Crippen molar-refractivity contribution in [3.8, 4) is 12.3 Å². The third-order valence-corrected chi connectivity index (χ3v) is 3.39. The minimum atomic E-state index is 0.793. The second kappa shape index (κ2) is 5.95. The van der Waals surface area contributed by atoms with Crippen LogP contribution in [0, 0.1) is 12.3 Å². The molecule has 1 aliphatic heterocycles. The van der Waals surface area contributed by atoms with Crippen LogP contribution in [0.15, 0.2) is 24.3 Å². The number of nitrogens with zero attached hydrogens (tertiary/aromatic N) is 2. The van der Waals surface area contributed by atoms with E-state index >= 15 is 0 Å². The van der Waals surface area contributed by atoms with Gasteiger partial charge in [-0.05, 0) is 24.3 Å². The number of rotatable bonds is 3. The molecule has 0 atom stereocenters. The molecule has 1 aliphatic rings. The van der Waals surface area contributed by atoms with Gasteiger partial charge in [-0.15, -0.1) is 12.3 Å². The third kappa shape index (κ3) is 3.39. The highest BCUT2D eigenvalue weighted by molar-refractivity contribution is 6.30. The number of terminal acetylenes is 1. The zero-order chi connectivity index (χ0) is 12.1. The van der Waals surface area contributed by atoms with Gasteiger partial charge in [0.2, 0.25) is 0 Å². The Morgan fingerprint density at radius 1 is 1.12 bits per heavy atom. The molecule has 17 heavy (non-hydrogen) atoms. The van der Waals surface area contributed by atoms with Crippen molar-refractivity contribution in [2.24, 2.45) is 0 Å². The van der Waals surface area contributed by atoms with Gasteiger partial charge in [0.05, 0.1) is 0 Å². The zero-order valence-electron chi connectivity index (χ0n) is 9.90. The number of halogens is 1. The first kappa shape index (κ1) is 12.3. The summed E-state index contributed by atoms with van der Waals surface area (Å²) in [6.45, 7) is 5.32. The fourth-order valence-electron chi connectivity index (χ4n) is 2.10. The summed E-state index contributed by atoms with van der Waals surface area (Å²) in [5, 5.41) is 0.793. The van der Waals surface area contributed by atoms with E-state index in [1.165, 1.54) is 5.69 Å². The zero-order valence-corrected chi connectivity index (χ0v) is 10.7. The van der Waals surface area contributed by atoms with E-state index in [9.17, 15) is 0 Å². The lowest BCUT2D eigenvalue weighted by atomic mass is 10.2. The van der Waals surface area contributed by atoms with Crippen LogP contribution in [0.2, 0.25) is 5.02 Å². The monoisotopic (exact) mass is 248 g/mol. The van der Waals surface area contributed by atoms with Crippen LogP contribution in [0.1, 0.15) is 6.42 Å². The van der Waals surface area contributed by atoms with Gasteiger partial charge < -0.3 is 4.90 Å². The standard InChI is InChI=1S/C14H17ClN2/c1-2-3-8-16-9-11-17(12-10-16)14-6-4-13(15)5-7-14/h1,4-7H,3,8-12H2. The minimum absolute atomic E-state index is 0.793. The van der Waals surface area contributed by atoms with E-state index in [4.69, 9.17) is 18.0 Å². The Hall–Kier alpha value is -1.17. The minimum Gasteiger partial charge on any atom is -0.369 e. The number of hydrogen-bond acceptors (Lipinski definition) is 2. The molecule has 1 aromatic carbocycles. The molecular weight excluding hydrogens is 232 g/mol. The van der Waals surface area contributed by atoms with Crippen molar-refractivity contribution in [2.45, 2.75) is 6.42 Å². The Morgan fingerprint density at radius 3 is 2.35 bits per heavy atom. The quantitative estimate of drug-likeness (QED) is 0.759. The molecule has 3 heteroatoms. The molecule has 2 nitrogen and oxygen atoms in total. The number of piperazine rings is 1. The summed E-state index contributed by atoms with van der Waals surface area (Å²) in [5.74, 6) is 2.69. The number of anilines is 1. The first-order chi connectivity index (χ1) is 8.29. The van der Waals surface area contributed by atoms with E-state index in [1.807, 2.05) is 12.1 Å². The van der Waals surface area contributed by atoms with Gasteiger partial charge in [-0.1, -0.05) is 11.6 Å². The molecule has 0 amide bonds. The summed E-state index contributed by atoms with van der Waals surface area (Å²) in [7, 11) is 0. The summed E-state index contributed by atoms with van der Waals surface area (Å²) >= 11 is 5.89. The maximum Gasteiger partial charge on any atom is 0.0407 e. The van der Waals surface area contributed by atoms with Gasteiger partial charge in [-0.3, -0.25) is 4.90 Å². The lowest BCUT2D eigenvalue weighted by Crippen LogP contribution is -2.46. The van der Waals surface area contributed by atoms with E-state index in [2.05, 4.69) is 27.9 Å². The molecule has 0 spiro atoms. The van der Waals surface area contributed by atoms with Crippen LogP contribution in [0.25, 0.3) is 0 Å². The Kier molecular flexibility index (Phi) is 4.30. The average Bonchev–Trinajstić information content (AvgIpc) is 2.38. The van der Waals surface area contributed by atoms with Crippen LogP contribution in [0.3, 0.4) is 0 Å². The molecule has 1 heterocycles. The summed E-state index contributed by atoms with van der Waals surface area (Å²) in [5.41, 5.74) is 1.26. The summed E-state index contributed by atoms with van der Waals surface area (Å²) in [6.07, 6.45) is 6.13. The average molecular weight is 249 g/mol. The number of hydrogen-bond donors (Lipinski definition) is 0. The SMILES string of the molecule is C#CCCN1CCN(c2ccc(Cl)cc2)CC1. The highest BCUT2D eigenvalue weighted by Crippen LogP contribution is 2.19. The molecule has 0 bridgehead atoms. The summed E-state index contributed by atoms with van der Waals surface area (Å²) in [6, 6.07) is 8.06. The van der Waals surface area contributed by atoms with E-state index in [1.54, 1.807) is 0 Å². The predicted octanol–water partition coefficient (Wildman–Crippen LogP) is 2.49. The maximum absolute atomic E-state index is 5.89. The fourth-order valence-corrected chi connectivity index (χ4v) is 2.23. The van der Waals surface area contributed by atoms with Crippen molar-refractivity contribution in [3.63, 3.8) is 0 Å². The molecule has 0 radical (unpaired) electrons. The van der Waals surface area contributed by atoms with Gasteiger partial charge >= 0.3 is 0 Å². The van der Waals surface area contributed by atoms with Crippen molar-refractivity contribution in [1.29, 1.82) is 0 Å². The topological polar surface area (TPSA) is 6.48 Å². The second-order valence-corrected chi connectivity index (χ2v) is 4.70. The first-order valence-electron chi connectivity index (χ1n) is 5.96. The molecule has 2 rings (SSSR count). The Morgan fingerprint density at radius 2 is 1.76 bits per heavy atom. The van der Waals surface area contributed by atoms with Crippen LogP contribution < -0.4 is 4.90 Å². The second-order valence-electron chi connectivity index (χ2n) is 4.26. The van der Waals surface area contributed by atoms with Crippen LogP contribution in [0.5, 0.6) is 0 Å². The van der Waals surface area contributed by atoms with Gasteiger partial charge in [0.25, 0.3) is 0 Å². The molecule has 0 aliphatic carbocycles. The van der Waals surface area contributed by atoms with Crippen molar-refractivity contribution < 1.29 is 0 Å². The molecule has 0 N–H and O–H groups in total. The van der Waals surface area contributed by atoms with Gasteiger partial charge in [0.1, 0.15) is 0 Å². The van der Waals surface area contributed by atoms with E-state index < -0.39 is 0 Å². The molecule has 0 unspecified atom stereocenters. The van der Waals surface area contributed by atoms with Gasteiger partial charge in [-0.25, -0.2) is 0 Å². The number of benzene rings is 1. The molecule has 0 saturated carbocycles. The van der Waals surface area contributed by atoms with Gasteiger partial charge in [-0.2, -0.15) is 0 Å². The largest absolute Gasteiger partial charge is 0.369 e. The lowest BCUT2D eigenvalue weighted by molar-refractivity contribution is 0.264. The molecule has 1 aromatic rings. The molecule has 1 fully saturated rings. The smallest absolute Gasteiger partial charge is 0.0407 e. The Labute approximate surface area is 108 Å². The summed E-state index contributed by atoms with van der Waals surface area (Å²) < 4.78 is 0. The van der Waals surface area contributed by atoms with Crippen molar-refractivity contribution in [1.82, 2.24) is 4.90 Å². The molecule has 0 aromatic heterocycles.